The highest BCUT2D eigenvalue weighted by atomic mass is 16.4. The van der Waals surface area contributed by atoms with Crippen LogP contribution in [0.3, 0.4) is 0 Å². The summed E-state index contributed by atoms with van der Waals surface area (Å²) >= 11 is 0. The maximum Gasteiger partial charge on any atom is 0.326 e. The molecule has 0 heterocycles. The van der Waals surface area contributed by atoms with Gasteiger partial charge in [-0.25, -0.2) is 4.79 Å². The Kier molecular flexibility index (Phi) is 11.4. The molecule has 0 saturated heterocycles. The minimum atomic E-state index is -1.18. The Balaban J connectivity index is 2.19. The van der Waals surface area contributed by atoms with Gasteiger partial charge in [0.15, 0.2) is 0 Å². The predicted octanol–water partition coefficient (Wildman–Crippen LogP) is 1.16. The molecule has 0 fully saturated rings. The number of amides is 3. The van der Waals surface area contributed by atoms with E-state index in [1.165, 1.54) is 6.92 Å². The molecule has 0 radical (unpaired) electrons. The molecular weight excluding hydrogens is 448 g/mol. The maximum absolute atomic E-state index is 13.2. The van der Waals surface area contributed by atoms with Crippen molar-refractivity contribution in [1.29, 1.82) is 0 Å². The fourth-order valence-electron chi connectivity index (χ4n) is 3.66. The van der Waals surface area contributed by atoms with Crippen molar-refractivity contribution in [3.63, 3.8) is 0 Å². The van der Waals surface area contributed by atoms with Crippen LogP contribution in [0.25, 0.3) is 0 Å². The van der Waals surface area contributed by atoms with E-state index < -0.39 is 35.9 Å². The zero-order valence-electron chi connectivity index (χ0n) is 19.9. The van der Waals surface area contributed by atoms with Crippen molar-refractivity contribution in [2.75, 3.05) is 6.54 Å². The Bertz CT molecular complexity index is 968. The minimum Gasteiger partial charge on any atom is -0.480 e. The molecule has 0 spiro atoms. The second kappa shape index (κ2) is 14.5. The standard InChI is InChI=1S/C26H34N4O5/c1-18(31)28-21(14-8-9-15-27)24(32)29-22(16-19-10-4-2-5-11-19)25(33)30-23(26(34)35)17-20-12-6-3-7-13-20/h2-7,10-13,21-23H,8-9,14-17,27H2,1H3,(H,28,31)(H,29,32)(H,30,33)(H,34,35)/t21-,22-,23-/m0/s1. The van der Waals surface area contributed by atoms with E-state index in [9.17, 15) is 24.3 Å². The number of aliphatic carboxylic acids is 1. The lowest BCUT2D eigenvalue weighted by atomic mass is 10.0. The van der Waals surface area contributed by atoms with Gasteiger partial charge in [0.2, 0.25) is 17.7 Å². The van der Waals surface area contributed by atoms with Gasteiger partial charge in [-0.05, 0) is 36.9 Å². The molecule has 0 aliphatic rings. The predicted molar refractivity (Wildman–Crippen MR) is 132 cm³/mol. The Morgan fingerprint density at radius 3 is 1.71 bits per heavy atom. The highest BCUT2D eigenvalue weighted by molar-refractivity contribution is 5.93. The molecule has 9 heteroatoms. The zero-order valence-corrected chi connectivity index (χ0v) is 19.9. The van der Waals surface area contributed by atoms with E-state index in [1.54, 1.807) is 24.3 Å². The molecule has 0 aliphatic carbocycles. The van der Waals surface area contributed by atoms with E-state index in [2.05, 4.69) is 16.0 Å². The van der Waals surface area contributed by atoms with Gasteiger partial charge in [-0.15, -0.1) is 0 Å². The van der Waals surface area contributed by atoms with Crippen molar-refractivity contribution in [1.82, 2.24) is 16.0 Å². The van der Waals surface area contributed by atoms with E-state index in [0.717, 1.165) is 11.1 Å². The highest BCUT2D eigenvalue weighted by Gasteiger charge is 2.29. The third-order valence-electron chi connectivity index (χ3n) is 5.45. The molecule has 0 bridgehead atoms. The number of carbonyl (C=O) groups is 4. The second-order valence-electron chi connectivity index (χ2n) is 8.38. The summed E-state index contributed by atoms with van der Waals surface area (Å²) in [5.74, 6) is -2.67. The fourth-order valence-corrected chi connectivity index (χ4v) is 3.66. The van der Waals surface area contributed by atoms with Crippen LogP contribution in [0.4, 0.5) is 0 Å². The van der Waals surface area contributed by atoms with Crippen LogP contribution in [0.2, 0.25) is 0 Å². The van der Waals surface area contributed by atoms with Gasteiger partial charge in [0, 0.05) is 19.8 Å². The lowest BCUT2D eigenvalue weighted by Crippen LogP contribution is -2.56. The second-order valence-corrected chi connectivity index (χ2v) is 8.38. The zero-order chi connectivity index (χ0) is 25.6. The van der Waals surface area contributed by atoms with E-state index in [4.69, 9.17) is 5.73 Å². The quantitative estimate of drug-likeness (QED) is 0.255. The molecule has 2 aromatic carbocycles. The summed E-state index contributed by atoms with van der Waals surface area (Å²) in [6.45, 7) is 1.78. The summed E-state index contributed by atoms with van der Waals surface area (Å²) in [7, 11) is 0. The van der Waals surface area contributed by atoms with Crippen molar-refractivity contribution in [3.05, 3.63) is 71.8 Å². The molecule has 2 aromatic rings. The summed E-state index contributed by atoms with van der Waals surface area (Å²) < 4.78 is 0. The maximum atomic E-state index is 13.2. The number of hydrogen-bond acceptors (Lipinski definition) is 5. The molecule has 0 saturated carbocycles. The lowest BCUT2D eigenvalue weighted by molar-refractivity contribution is -0.142. The number of benzene rings is 2. The number of rotatable bonds is 14. The van der Waals surface area contributed by atoms with Crippen LogP contribution in [0.15, 0.2) is 60.7 Å². The Hall–Kier alpha value is -3.72. The van der Waals surface area contributed by atoms with Crippen LogP contribution >= 0.6 is 0 Å². The average molecular weight is 483 g/mol. The number of carboxylic acids is 1. The molecule has 3 atom stereocenters. The molecule has 0 aromatic heterocycles. The van der Waals surface area contributed by atoms with Crippen LogP contribution in [0, 0.1) is 0 Å². The third-order valence-corrected chi connectivity index (χ3v) is 5.45. The highest BCUT2D eigenvalue weighted by Crippen LogP contribution is 2.08. The van der Waals surface area contributed by atoms with E-state index in [0.29, 0.717) is 25.8 Å². The van der Waals surface area contributed by atoms with E-state index >= 15 is 0 Å². The van der Waals surface area contributed by atoms with Gasteiger partial charge in [0.1, 0.15) is 18.1 Å². The third kappa shape index (κ3) is 9.97. The molecule has 188 valence electrons. The van der Waals surface area contributed by atoms with Crippen LogP contribution in [0.5, 0.6) is 0 Å². The normalized spacial score (nSPS) is 13.2. The summed E-state index contributed by atoms with van der Waals surface area (Å²) in [5.41, 5.74) is 7.09. The molecule has 35 heavy (non-hydrogen) atoms. The molecule has 3 amide bonds. The van der Waals surface area contributed by atoms with Crippen molar-refractivity contribution < 1.29 is 24.3 Å². The van der Waals surface area contributed by atoms with Crippen LogP contribution in [0.1, 0.15) is 37.3 Å². The van der Waals surface area contributed by atoms with Gasteiger partial charge in [-0.3, -0.25) is 14.4 Å². The number of carboxylic acid groups (broad SMARTS) is 1. The first-order chi connectivity index (χ1) is 16.8. The first-order valence-corrected chi connectivity index (χ1v) is 11.7. The van der Waals surface area contributed by atoms with E-state index in [-0.39, 0.29) is 18.7 Å². The number of nitrogens with one attached hydrogen (secondary N) is 3. The largest absolute Gasteiger partial charge is 0.480 e. The van der Waals surface area contributed by atoms with Crippen molar-refractivity contribution in [2.45, 2.75) is 57.2 Å². The van der Waals surface area contributed by atoms with Gasteiger partial charge in [0.25, 0.3) is 0 Å². The Labute approximate surface area is 205 Å². The number of nitrogens with two attached hydrogens (primary N) is 1. The van der Waals surface area contributed by atoms with Gasteiger partial charge in [0.05, 0.1) is 0 Å². The molecule has 9 nitrogen and oxygen atoms in total. The summed E-state index contributed by atoms with van der Waals surface area (Å²) in [6, 6.07) is 15.0. The Morgan fingerprint density at radius 1 is 0.743 bits per heavy atom. The average Bonchev–Trinajstić information content (AvgIpc) is 2.83. The number of unbranched alkanes of at least 4 members (excludes halogenated alkanes) is 1. The molecular formula is C26H34N4O5. The number of carbonyl (C=O) groups excluding carboxylic acids is 3. The summed E-state index contributed by atoms with van der Waals surface area (Å²) in [6.07, 6.45) is 1.95. The minimum absolute atomic E-state index is 0.0987. The van der Waals surface area contributed by atoms with Gasteiger partial charge in [-0.2, -0.15) is 0 Å². The van der Waals surface area contributed by atoms with Crippen molar-refractivity contribution >= 4 is 23.7 Å². The fraction of sp³-hybridized carbons (Fsp3) is 0.385. The van der Waals surface area contributed by atoms with Crippen LogP contribution in [-0.4, -0.2) is 53.5 Å². The van der Waals surface area contributed by atoms with Crippen LogP contribution < -0.4 is 21.7 Å². The van der Waals surface area contributed by atoms with E-state index in [1.807, 2.05) is 36.4 Å². The topological polar surface area (TPSA) is 151 Å². The number of hydrogen-bond donors (Lipinski definition) is 5. The van der Waals surface area contributed by atoms with Gasteiger partial charge < -0.3 is 26.8 Å². The first-order valence-electron chi connectivity index (χ1n) is 11.7. The van der Waals surface area contributed by atoms with Crippen molar-refractivity contribution in [3.8, 4) is 0 Å². The molecule has 2 rings (SSSR count). The Morgan fingerprint density at radius 2 is 1.23 bits per heavy atom. The van der Waals surface area contributed by atoms with Crippen LogP contribution in [-0.2, 0) is 32.0 Å². The smallest absolute Gasteiger partial charge is 0.326 e. The van der Waals surface area contributed by atoms with Gasteiger partial charge in [-0.1, -0.05) is 60.7 Å². The molecule has 6 N–H and O–H groups in total. The summed E-state index contributed by atoms with van der Waals surface area (Å²) in [5, 5.41) is 17.6. The summed E-state index contributed by atoms with van der Waals surface area (Å²) in [4.78, 5) is 49.7. The molecule has 0 unspecified atom stereocenters. The molecule has 0 aliphatic heterocycles. The lowest BCUT2D eigenvalue weighted by Gasteiger charge is -2.24. The van der Waals surface area contributed by atoms with Gasteiger partial charge >= 0.3 is 5.97 Å². The SMILES string of the molecule is CC(=O)N[C@@H](CCCCN)C(=O)N[C@@H](Cc1ccccc1)C(=O)N[C@@H](Cc1ccccc1)C(=O)O. The van der Waals surface area contributed by atoms with Crippen molar-refractivity contribution in [2.24, 2.45) is 5.73 Å². The monoisotopic (exact) mass is 482 g/mol. The first kappa shape index (κ1) is 27.5.